The van der Waals surface area contributed by atoms with Crippen molar-refractivity contribution >= 4 is 5.78 Å². The number of Topliss-reactive ketones (excluding diaryl/α,β-unsaturated/α-hetero) is 1. The van der Waals surface area contributed by atoms with E-state index in [1.807, 2.05) is 0 Å². The first-order valence-electron chi connectivity index (χ1n) is 14.0. The Morgan fingerprint density at radius 2 is 1.68 bits per heavy atom. The van der Waals surface area contributed by atoms with Crippen LogP contribution in [0, 0.1) is 23.2 Å². The van der Waals surface area contributed by atoms with Crippen molar-refractivity contribution in [2.75, 3.05) is 0 Å². The molecule has 2 heteroatoms. The van der Waals surface area contributed by atoms with Crippen LogP contribution in [0.3, 0.4) is 0 Å². The number of carbonyl (C=O) groups excluding carboxylic acids is 1. The summed E-state index contributed by atoms with van der Waals surface area (Å²) in [6.07, 6.45) is 15.2. The van der Waals surface area contributed by atoms with Gasteiger partial charge in [-0.1, -0.05) is 70.4 Å². The van der Waals surface area contributed by atoms with Gasteiger partial charge in [0.05, 0.1) is 0 Å². The first kappa shape index (κ1) is 22.4. The summed E-state index contributed by atoms with van der Waals surface area (Å²) < 4.78 is 0. The number of dihydropyridines is 1. The van der Waals surface area contributed by atoms with Crippen LogP contribution in [0.2, 0.25) is 0 Å². The Hall–Kier alpha value is -2.09. The molecule has 3 saturated carbocycles. The number of benzene rings is 1. The molecular weight excluding hydrogens is 414 g/mol. The number of allylic oxidation sites excluding steroid dienone is 5. The van der Waals surface area contributed by atoms with Crippen LogP contribution in [0.5, 0.6) is 0 Å². The predicted octanol–water partition coefficient (Wildman–Crippen LogP) is 8.23. The molecule has 0 radical (unpaired) electrons. The molecular formula is C32H41NO. The van der Waals surface area contributed by atoms with Crippen molar-refractivity contribution in [2.24, 2.45) is 23.2 Å². The number of rotatable bonds is 5. The van der Waals surface area contributed by atoms with Gasteiger partial charge in [-0.2, -0.15) is 0 Å². The summed E-state index contributed by atoms with van der Waals surface area (Å²) in [6, 6.07) is 8.48. The van der Waals surface area contributed by atoms with E-state index >= 15 is 0 Å². The maximum atomic E-state index is 14.3. The predicted molar refractivity (Wildman–Crippen MR) is 139 cm³/mol. The van der Waals surface area contributed by atoms with Crippen molar-refractivity contribution in [3.05, 3.63) is 70.1 Å². The normalized spacial score (nSPS) is 27.0. The molecule has 1 N–H and O–H groups in total. The molecule has 5 aliphatic rings. The molecule has 1 aliphatic heterocycles. The minimum absolute atomic E-state index is 0.253. The van der Waals surface area contributed by atoms with E-state index in [1.165, 1.54) is 98.7 Å². The van der Waals surface area contributed by atoms with E-state index in [9.17, 15) is 4.79 Å². The second-order valence-corrected chi connectivity index (χ2v) is 12.4. The maximum absolute atomic E-state index is 14.3. The lowest BCUT2D eigenvalue weighted by Crippen LogP contribution is -2.44. The monoisotopic (exact) mass is 455 g/mol. The Bertz CT molecular complexity index is 1050. The lowest BCUT2D eigenvalue weighted by molar-refractivity contribution is 0.0988. The van der Waals surface area contributed by atoms with Gasteiger partial charge in [-0.25, -0.2) is 0 Å². The minimum atomic E-state index is 0.253. The fourth-order valence-corrected chi connectivity index (χ4v) is 7.60. The Labute approximate surface area is 206 Å². The molecule has 3 fully saturated rings. The van der Waals surface area contributed by atoms with Gasteiger partial charge in [-0.15, -0.1) is 0 Å². The highest BCUT2D eigenvalue weighted by atomic mass is 16.1. The van der Waals surface area contributed by atoms with E-state index in [2.05, 4.69) is 50.0 Å². The fourth-order valence-electron chi connectivity index (χ4n) is 7.60. The van der Waals surface area contributed by atoms with Gasteiger partial charge >= 0.3 is 0 Å². The fraction of sp³-hybridized carbons (Fsp3) is 0.594. The average molecular weight is 456 g/mol. The van der Waals surface area contributed by atoms with Gasteiger partial charge in [0, 0.05) is 28.4 Å². The van der Waals surface area contributed by atoms with Crippen LogP contribution in [-0.4, -0.2) is 5.78 Å². The third-order valence-electron chi connectivity index (χ3n) is 9.93. The summed E-state index contributed by atoms with van der Waals surface area (Å²) in [7, 11) is 0. The standard InChI is InChI=1S/C32H41NO/c1-20(2)22-12-14-25(15-13-22)31(34)29-28(23-10-6-11-23)27-21(3)18-32(16-7-17-32)19-26(27)33-30(29)24-8-4-5-9-24/h12-15,20,23-24,28,33H,3-11,16-19H2,1-2H3. The Kier molecular flexibility index (Phi) is 5.62. The van der Waals surface area contributed by atoms with E-state index in [4.69, 9.17) is 0 Å². The van der Waals surface area contributed by atoms with Gasteiger partial charge in [0.15, 0.2) is 5.78 Å². The van der Waals surface area contributed by atoms with E-state index < -0.39 is 0 Å². The van der Waals surface area contributed by atoms with Crippen LogP contribution in [0.1, 0.15) is 113 Å². The molecule has 1 aromatic rings. The first-order chi connectivity index (χ1) is 16.5. The topological polar surface area (TPSA) is 29.1 Å². The SMILES string of the molecule is C=C1CC2(CCC2)CC2=C1C(C1CCC1)C(C(=O)c1ccc(C(C)C)cc1)=C(C1CCCC1)N2. The maximum Gasteiger partial charge on any atom is 0.191 e. The average Bonchev–Trinajstić information content (AvgIpc) is 3.30. The second kappa shape index (κ2) is 8.54. The van der Waals surface area contributed by atoms with E-state index in [0.717, 1.165) is 17.6 Å². The van der Waals surface area contributed by atoms with Gasteiger partial charge in [0.25, 0.3) is 0 Å². The van der Waals surface area contributed by atoms with Crippen molar-refractivity contribution < 1.29 is 4.79 Å². The van der Waals surface area contributed by atoms with Crippen molar-refractivity contribution in [3.8, 4) is 0 Å². The van der Waals surface area contributed by atoms with Gasteiger partial charge in [-0.3, -0.25) is 4.79 Å². The molecule has 1 atom stereocenters. The summed E-state index contributed by atoms with van der Waals surface area (Å²) in [5.74, 6) is 2.11. The smallest absolute Gasteiger partial charge is 0.191 e. The molecule has 1 unspecified atom stereocenters. The van der Waals surface area contributed by atoms with Gasteiger partial charge < -0.3 is 5.32 Å². The van der Waals surface area contributed by atoms with Crippen LogP contribution in [0.4, 0.5) is 0 Å². The lowest BCUT2D eigenvalue weighted by Gasteiger charge is -2.51. The summed E-state index contributed by atoms with van der Waals surface area (Å²) in [5.41, 5.74) is 9.23. The van der Waals surface area contributed by atoms with Crippen molar-refractivity contribution in [1.29, 1.82) is 0 Å². The summed E-state index contributed by atoms with van der Waals surface area (Å²) in [5, 5.41) is 3.99. The molecule has 1 spiro atoms. The number of hydrogen-bond acceptors (Lipinski definition) is 2. The molecule has 180 valence electrons. The van der Waals surface area contributed by atoms with Crippen LogP contribution in [-0.2, 0) is 0 Å². The van der Waals surface area contributed by atoms with Crippen molar-refractivity contribution in [2.45, 2.75) is 96.8 Å². The second-order valence-electron chi connectivity index (χ2n) is 12.4. The van der Waals surface area contributed by atoms with Crippen LogP contribution in [0.25, 0.3) is 0 Å². The zero-order valence-electron chi connectivity index (χ0n) is 21.2. The minimum Gasteiger partial charge on any atom is -0.361 e. The Balaban J connectivity index is 1.45. The summed E-state index contributed by atoms with van der Waals surface area (Å²) >= 11 is 0. The Morgan fingerprint density at radius 1 is 0.971 bits per heavy atom. The van der Waals surface area contributed by atoms with Gasteiger partial charge in [-0.05, 0) is 91.2 Å². The third kappa shape index (κ3) is 3.64. The molecule has 1 heterocycles. The highest BCUT2D eigenvalue weighted by Crippen LogP contribution is 2.59. The highest BCUT2D eigenvalue weighted by Gasteiger charge is 2.49. The number of carbonyl (C=O) groups is 1. The molecule has 2 nitrogen and oxygen atoms in total. The largest absolute Gasteiger partial charge is 0.361 e. The zero-order valence-corrected chi connectivity index (χ0v) is 21.2. The lowest BCUT2D eigenvalue weighted by atomic mass is 9.55. The summed E-state index contributed by atoms with van der Waals surface area (Å²) in [6.45, 7) is 9.09. The van der Waals surface area contributed by atoms with Gasteiger partial charge in [0.1, 0.15) is 0 Å². The van der Waals surface area contributed by atoms with Gasteiger partial charge in [0.2, 0.25) is 0 Å². The van der Waals surface area contributed by atoms with E-state index in [-0.39, 0.29) is 11.7 Å². The molecule has 6 rings (SSSR count). The highest BCUT2D eigenvalue weighted by molar-refractivity contribution is 6.10. The third-order valence-corrected chi connectivity index (χ3v) is 9.93. The molecule has 4 aliphatic carbocycles. The van der Waals surface area contributed by atoms with Crippen LogP contribution < -0.4 is 5.32 Å². The number of nitrogens with one attached hydrogen (secondary N) is 1. The van der Waals surface area contributed by atoms with Crippen molar-refractivity contribution in [3.63, 3.8) is 0 Å². The zero-order chi connectivity index (χ0) is 23.4. The van der Waals surface area contributed by atoms with Crippen LogP contribution in [0.15, 0.2) is 59.0 Å². The molecule has 0 amide bonds. The molecule has 0 bridgehead atoms. The van der Waals surface area contributed by atoms with E-state index in [1.54, 1.807) is 0 Å². The molecule has 0 saturated heterocycles. The summed E-state index contributed by atoms with van der Waals surface area (Å²) in [4.78, 5) is 14.3. The quantitative estimate of drug-likeness (QED) is 0.453. The Morgan fingerprint density at radius 3 is 2.24 bits per heavy atom. The number of ketones is 1. The van der Waals surface area contributed by atoms with Crippen molar-refractivity contribution in [1.82, 2.24) is 5.32 Å². The molecule has 34 heavy (non-hydrogen) atoms. The first-order valence-corrected chi connectivity index (χ1v) is 14.0. The van der Waals surface area contributed by atoms with E-state index in [0.29, 0.717) is 23.2 Å². The molecule has 0 aromatic heterocycles. The van der Waals surface area contributed by atoms with Crippen LogP contribution >= 0.6 is 0 Å². The molecule has 1 aromatic carbocycles. The number of hydrogen-bond donors (Lipinski definition) is 1.